The Kier molecular flexibility index (Phi) is 3.72. The fraction of sp³-hybridized carbons (Fsp3) is 0.364. The van der Waals surface area contributed by atoms with Gasteiger partial charge in [-0.15, -0.1) is 0 Å². The van der Waals surface area contributed by atoms with Crippen molar-refractivity contribution in [1.29, 1.82) is 0 Å². The molecule has 0 unspecified atom stereocenters. The van der Waals surface area contributed by atoms with Crippen LogP contribution in [0.3, 0.4) is 0 Å². The van der Waals surface area contributed by atoms with Crippen LogP contribution in [0.25, 0.3) is 22.2 Å². The number of carboxylic acid groups (broad SMARTS) is 1. The van der Waals surface area contributed by atoms with E-state index in [2.05, 4.69) is 4.98 Å². The van der Waals surface area contributed by atoms with E-state index in [1.54, 1.807) is 4.57 Å². The van der Waals surface area contributed by atoms with Crippen LogP contribution in [0.5, 0.6) is 5.75 Å². The van der Waals surface area contributed by atoms with Crippen LogP contribution in [0.4, 0.5) is 0 Å². The van der Waals surface area contributed by atoms with Crippen LogP contribution in [0.15, 0.2) is 29.2 Å². The number of carboxylic acids is 1. The summed E-state index contributed by atoms with van der Waals surface area (Å²) in [5.41, 5.74) is 1.96. The maximum Gasteiger partial charge on any atom is 0.341 e. The number of benzene rings is 1. The molecule has 1 aromatic carbocycles. The number of carbonyl (C=O) groups is 1. The molecule has 2 aromatic heterocycles. The van der Waals surface area contributed by atoms with Crippen molar-refractivity contribution in [1.82, 2.24) is 9.55 Å². The fourth-order valence-electron chi connectivity index (χ4n) is 4.27. The number of hydrogen-bond acceptors (Lipinski definition) is 3. The smallest absolute Gasteiger partial charge is 0.341 e. The van der Waals surface area contributed by atoms with Crippen LogP contribution in [0.2, 0.25) is 5.02 Å². The third-order valence-electron chi connectivity index (χ3n) is 5.71. The quantitative estimate of drug-likeness (QED) is 0.608. The van der Waals surface area contributed by atoms with Crippen molar-refractivity contribution in [2.45, 2.75) is 45.8 Å². The SMILES string of the molecule is CC(C)(C)[C@@H]1Oc2c(cc(Cl)c3[nH]ccc23)-c2c1cc(C(=O)O)c(=O)n2C1CC1. The average molecular weight is 413 g/mol. The minimum Gasteiger partial charge on any atom is -0.484 e. The van der Waals surface area contributed by atoms with E-state index < -0.39 is 17.6 Å². The van der Waals surface area contributed by atoms with Crippen LogP contribution >= 0.6 is 11.6 Å². The average Bonchev–Trinajstić information content (AvgIpc) is 3.34. The Morgan fingerprint density at radius 1 is 1.31 bits per heavy atom. The number of ether oxygens (including phenoxy) is 1. The Labute approximate surface area is 172 Å². The van der Waals surface area contributed by atoms with E-state index in [0.29, 0.717) is 10.8 Å². The summed E-state index contributed by atoms with van der Waals surface area (Å²) < 4.78 is 8.15. The number of aromatic carboxylic acids is 1. The molecule has 150 valence electrons. The highest BCUT2D eigenvalue weighted by Crippen LogP contribution is 2.53. The summed E-state index contributed by atoms with van der Waals surface area (Å²) in [4.78, 5) is 28.1. The highest BCUT2D eigenvalue weighted by Gasteiger charge is 2.41. The molecule has 3 heterocycles. The standard InChI is InChI=1S/C22H21ClN2O4/c1-22(2,3)19-13-8-14(21(27)28)20(26)25(10-4-5-10)17(13)12-9-15(23)16-11(6-7-24-16)18(12)29-19/h6-10,19,24H,4-5H2,1-3H3,(H,27,28)/t19-/m1/s1. The normalized spacial score (nSPS) is 18.3. The zero-order valence-electron chi connectivity index (χ0n) is 16.4. The van der Waals surface area contributed by atoms with E-state index in [4.69, 9.17) is 16.3 Å². The Bertz CT molecular complexity index is 1240. The first-order valence-corrected chi connectivity index (χ1v) is 10.1. The third kappa shape index (κ3) is 2.62. The van der Waals surface area contributed by atoms with Crippen LogP contribution < -0.4 is 10.3 Å². The highest BCUT2D eigenvalue weighted by molar-refractivity contribution is 6.36. The summed E-state index contributed by atoms with van der Waals surface area (Å²) in [5.74, 6) is -0.542. The second-order valence-corrected chi connectivity index (χ2v) is 9.35. The summed E-state index contributed by atoms with van der Waals surface area (Å²) in [6.45, 7) is 6.14. The van der Waals surface area contributed by atoms with Gasteiger partial charge < -0.3 is 19.4 Å². The van der Waals surface area contributed by atoms with Crippen molar-refractivity contribution in [3.8, 4) is 17.0 Å². The molecule has 6 nitrogen and oxygen atoms in total. The molecule has 0 amide bonds. The number of halogens is 1. The maximum absolute atomic E-state index is 13.1. The van der Waals surface area contributed by atoms with E-state index in [-0.39, 0.29) is 17.0 Å². The van der Waals surface area contributed by atoms with Gasteiger partial charge in [0.1, 0.15) is 17.4 Å². The first kappa shape index (κ1) is 18.3. The van der Waals surface area contributed by atoms with Gasteiger partial charge in [0, 0.05) is 34.2 Å². The first-order valence-electron chi connectivity index (χ1n) is 9.68. The van der Waals surface area contributed by atoms with Crippen LogP contribution in [0, 0.1) is 5.41 Å². The van der Waals surface area contributed by atoms with E-state index >= 15 is 0 Å². The van der Waals surface area contributed by atoms with Crippen molar-refractivity contribution in [3.05, 3.63) is 50.9 Å². The molecule has 1 fully saturated rings. The Balaban J connectivity index is 1.95. The van der Waals surface area contributed by atoms with E-state index in [9.17, 15) is 14.7 Å². The lowest BCUT2D eigenvalue weighted by Gasteiger charge is -2.38. The number of nitrogens with one attached hydrogen (secondary N) is 1. The predicted molar refractivity (Wildman–Crippen MR) is 111 cm³/mol. The summed E-state index contributed by atoms with van der Waals surface area (Å²) in [6, 6.07) is 5.22. The molecule has 0 radical (unpaired) electrons. The number of hydrogen-bond donors (Lipinski definition) is 2. The lowest BCUT2D eigenvalue weighted by molar-refractivity contribution is 0.0689. The van der Waals surface area contributed by atoms with E-state index in [1.165, 1.54) is 6.07 Å². The number of rotatable bonds is 2. The molecule has 29 heavy (non-hydrogen) atoms. The van der Waals surface area contributed by atoms with Gasteiger partial charge in [-0.05, 0) is 31.0 Å². The largest absolute Gasteiger partial charge is 0.484 e. The van der Waals surface area contributed by atoms with Gasteiger partial charge in [0.25, 0.3) is 5.56 Å². The molecule has 0 spiro atoms. The number of aromatic nitrogens is 2. The predicted octanol–water partition coefficient (Wildman–Crippen LogP) is 5.16. The van der Waals surface area contributed by atoms with Gasteiger partial charge in [-0.2, -0.15) is 0 Å². The number of H-pyrrole nitrogens is 1. The minimum absolute atomic E-state index is 0.00261. The molecule has 1 atom stereocenters. The zero-order chi connectivity index (χ0) is 20.7. The number of pyridine rings is 1. The van der Waals surface area contributed by atoms with Gasteiger partial charge >= 0.3 is 5.97 Å². The molecule has 1 aliphatic heterocycles. The van der Waals surface area contributed by atoms with Crippen molar-refractivity contribution in [2.75, 3.05) is 0 Å². The lowest BCUT2D eigenvalue weighted by Crippen LogP contribution is -2.34. The monoisotopic (exact) mass is 412 g/mol. The van der Waals surface area contributed by atoms with Crippen molar-refractivity contribution >= 4 is 28.5 Å². The molecular weight excluding hydrogens is 392 g/mol. The molecule has 1 aliphatic carbocycles. The Morgan fingerprint density at radius 3 is 2.66 bits per heavy atom. The molecule has 2 aliphatic rings. The van der Waals surface area contributed by atoms with Gasteiger partial charge in [-0.25, -0.2) is 4.79 Å². The van der Waals surface area contributed by atoms with E-state index in [1.807, 2.05) is 39.1 Å². The number of fused-ring (bicyclic) bond motifs is 5. The fourth-order valence-corrected chi connectivity index (χ4v) is 4.53. The van der Waals surface area contributed by atoms with Gasteiger partial charge in [0.05, 0.1) is 16.2 Å². The molecule has 1 saturated carbocycles. The molecule has 0 bridgehead atoms. The molecule has 7 heteroatoms. The van der Waals surface area contributed by atoms with Crippen molar-refractivity contribution in [2.24, 2.45) is 5.41 Å². The Hall–Kier alpha value is -2.73. The third-order valence-corrected chi connectivity index (χ3v) is 6.01. The van der Waals surface area contributed by atoms with Gasteiger partial charge in [-0.3, -0.25) is 4.79 Å². The zero-order valence-corrected chi connectivity index (χ0v) is 17.1. The molecule has 2 N–H and O–H groups in total. The number of nitrogens with zero attached hydrogens (tertiary/aromatic N) is 1. The molecule has 0 saturated heterocycles. The van der Waals surface area contributed by atoms with Gasteiger partial charge in [0.15, 0.2) is 0 Å². The summed E-state index contributed by atoms with van der Waals surface area (Å²) in [5, 5.41) is 11.0. The summed E-state index contributed by atoms with van der Waals surface area (Å²) in [6.07, 6.45) is 3.11. The first-order chi connectivity index (χ1) is 13.7. The van der Waals surface area contributed by atoms with Gasteiger partial charge in [0.2, 0.25) is 0 Å². The van der Waals surface area contributed by atoms with Crippen LogP contribution in [-0.4, -0.2) is 20.6 Å². The van der Waals surface area contributed by atoms with Crippen LogP contribution in [0.1, 0.15) is 61.7 Å². The second-order valence-electron chi connectivity index (χ2n) is 8.94. The summed E-state index contributed by atoms with van der Waals surface area (Å²) in [7, 11) is 0. The minimum atomic E-state index is -1.22. The van der Waals surface area contributed by atoms with E-state index in [0.717, 1.165) is 40.6 Å². The number of aromatic amines is 1. The Morgan fingerprint density at radius 2 is 2.03 bits per heavy atom. The maximum atomic E-state index is 13.1. The van der Waals surface area contributed by atoms with Gasteiger partial charge in [-0.1, -0.05) is 32.4 Å². The summed E-state index contributed by atoms with van der Waals surface area (Å²) >= 11 is 6.53. The van der Waals surface area contributed by atoms with Crippen LogP contribution in [-0.2, 0) is 0 Å². The van der Waals surface area contributed by atoms with Crippen molar-refractivity contribution < 1.29 is 14.6 Å². The topological polar surface area (TPSA) is 84.3 Å². The van der Waals surface area contributed by atoms with Crippen molar-refractivity contribution in [3.63, 3.8) is 0 Å². The molecule has 3 aromatic rings. The second kappa shape index (κ2) is 5.89. The lowest BCUT2D eigenvalue weighted by atomic mass is 9.80. The molecule has 5 rings (SSSR count). The highest BCUT2D eigenvalue weighted by atomic mass is 35.5. The molecular formula is C22H21ClN2O4.